The van der Waals surface area contributed by atoms with Crippen molar-refractivity contribution in [3.05, 3.63) is 28.8 Å². The topological polar surface area (TPSA) is 102 Å². The van der Waals surface area contributed by atoms with Gasteiger partial charge in [0.1, 0.15) is 0 Å². The number of piperazine rings is 1. The van der Waals surface area contributed by atoms with Crippen molar-refractivity contribution in [2.75, 3.05) is 57.7 Å². The van der Waals surface area contributed by atoms with Crippen LogP contribution in [-0.4, -0.2) is 86.1 Å². The molecule has 31 heavy (non-hydrogen) atoms. The second-order valence-corrected chi connectivity index (χ2v) is 9.79. The Balaban J connectivity index is 1.78. The summed E-state index contributed by atoms with van der Waals surface area (Å²) in [6.45, 7) is 12.1. The van der Waals surface area contributed by atoms with Crippen LogP contribution >= 0.6 is 0 Å². The van der Waals surface area contributed by atoms with Crippen LogP contribution in [0.5, 0.6) is 0 Å². The Morgan fingerprint density at radius 2 is 1.52 bits per heavy atom. The molecule has 0 bridgehead atoms. The van der Waals surface area contributed by atoms with Crippen molar-refractivity contribution in [1.29, 1.82) is 0 Å². The fourth-order valence-corrected chi connectivity index (χ4v) is 5.43. The minimum Gasteiger partial charge on any atom is -0.346 e. The van der Waals surface area contributed by atoms with Gasteiger partial charge in [-0.15, -0.1) is 0 Å². The summed E-state index contributed by atoms with van der Waals surface area (Å²) in [5, 5.41) is 5.51. The lowest BCUT2D eigenvalue weighted by Crippen LogP contribution is -2.54. The van der Waals surface area contributed by atoms with Crippen molar-refractivity contribution in [1.82, 2.24) is 18.8 Å². The lowest BCUT2D eigenvalue weighted by Gasteiger charge is -2.35. The smallest absolute Gasteiger partial charge is 0.282 e. The highest BCUT2D eigenvalue weighted by Gasteiger charge is 2.31. The van der Waals surface area contributed by atoms with E-state index in [1.165, 1.54) is 8.61 Å². The van der Waals surface area contributed by atoms with Gasteiger partial charge in [-0.05, 0) is 31.9 Å². The summed E-state index contributed by atoms with van der Waals surface area (Å²) in [5.41, 5.74) is 3.87. The number of carbonyl (C=O) groups is 2. The minimum atomic E-state index is -3.45. The number of anilines is 1. The largest absolute Gasteiger partial charge is 0.346 e. The van der Waals surface area contributed by atoms with E-state index in [0.717, 1.165) is 22.4 Å². The van der Waals surface area contributed by atoms with Crippen LogP contribution in [0.15, 0.2) is 12.1 Å². The van der Waals surface area contributed by atoms with Gasteiger partial charge in [0.15, 0.2) is 0 Å². The lowest BCUT2D eigenvalue weighted by molar-refractivity contribution is -0.125. The zero-order chi connectivity index (χ0) is 23.2. The third-order valence-electron chi connectivity index (χ3n) is 5.44. The number of aryl methyl sites for hydroxylation is 3. The molecule has 2 rings (SSSR count). The summed E-state index contributed by atoms with van der Waals surface area (Å²) < 4.78 is 28.1. The molecule has 2 N–H and O–H groups in total. The van der Waals surface area contributed by atoms with Gasteiger partial charge in [-0.25, -0.2) is 0 Å². The Morgan fingerprint density at radius 3 is 2.03 bits per heavy atom. The maximum absolute atomic E-state index is 12.6. The van der Waals surface area contributed by atoms with Gasteiger partial charge in [-0.3, -0.25) is 14.5 Å². The molecule has 0 radical (unpaired) electrons. The molecular weight excluding hydrogens is 418 g/mol. The summed E-state index contributed by atoms with van der Waals surface area (Å²) >= 11 is 0. The fraction of sp³-hybridized carbons (Fsp3) is 0.619. The molecule has 1 heterocycles. The van der Waals surface area contributed by atoms with Gasteiger partial charge in [0, 0.05) is 45.0 Å². The number of hydrogen-bond acceptors (Lipinski definition) is 5. The van der Waals surface area contributed by atoms with Gasteiger partial charge in [0.25, 0.3) is 10.2 Å². The van der Waals surface area contributed by atoms with E-state index in [4.69, 9.17) is 0 Å². The zero-order valence-electron chi connectivity index (χ0n) is 19.2. The third kappa shape index (κ3) is 6.73. The van der Waals surface area contributed by atoms with Gasteiger partial charge in [0.05, 0.1) is 13.1 Å². The van der Waals surface area contributed by atoms with Crippen LogP contribution in [0.1, 0.15) is 30.5 Å². The zero-order valence-corrected chi connectivity index (χ0v) is 20.0. The number of amides is 2. The van der Waals surface area contributed by atoms with Crippen LogP contribution in [0.4, 0.5) is 5.69 Å². The van der Waals surface area contributed by atoms with Crippen LogP contribution in [0.2, 0.25) is 0 Å². The second-order valence-electron chi connectivity index (χ2n) is 7.87. The van der Waals surface area contributed by atoms with E-state index in [2.05, 4.69) is 10.6 Å². The van der Waals surface area contributed by atoms with Gasteiger partial charge in [0.2, 0.25) is 11.8 Å². The number of nitrogens with zero attached hydrogens (tertiary/aromatic N) is 3. The van der Waals surface area contributed by atoms with E-state index in [0.29, 0.717) is 39.3 Å². The highest BCUT2D eigenvalue weighted by Crippen LogP contribution is 2.21. The molecule has 1 aromatic carbocycles. The molecule has 9 nitrogen and oxygen atoms in total. The molecule has 0 unspecified atom stereocenters. The first kappa shape index (κ1) is 25.3. The molecule has 0 spiro atoms. The number of benzene rings is 1. The van der Waals surface area contributed by atoms with Gasteiger partial charge in [-0.1, -0.05) is 31.5 Å². The number of hydrogen-bond donors (Lipinski definition) is 2. The molecule has 0 aromatic heterocycles. The van der Waals surface area contributed by atoms with E-state index in [9.17, 15) is 18.0 Å². The molecule has 2 amide bonds. The highest BCUT2D eigenvalue weighted by molar-refractivity contribution is 7.86. The summed E-state index contributed by atoms with van der Waals surface area (Å²) in [7, 11) is -3.45. The maximum Gasteiger partial charge on any atom is 0.282 e. The molecule has 10 heteroatoms. The van der Waals surface area contributed by atoms with Crippen molar-refractivity contribution in [2.24, 2.45) is 0 Å². The number of carbonyl (C=O) groups excluding carboxylic acids is 2. The van der Waals surface area contributed by atoms with Gasteiger partial charge < -0.3 is 10.6 Å². The summed E-state index contributed by atoms with van der Waals surface area (Å²) in [6.07, 6.45) is 0. The summed E-state index contributed by atoms with van der Waals surface area (Å²) in [6, 6.07) is 4.00. The molecule has 1 saturated heterocycles. The Labute approximate surface area is 185 Å². The predicted octanol–water partition coefficient (Wildman–Crippen LogP) is 0.871. The van der Waals surface area contributed by atoms with Crippen LogP contribution in [0.25, 0.3) is 0 Å². The first-order chi connectivity index (χ1) is 14.6. The average molecular weight is 454 g/mol. The molecule has 1 aliphatic heterocycles. The molecule has 174 valence electrons. The molecule has 1 aliphatic rings. The Kier molecular flexibility index (Phi) is 8.99. The fourth-order valence-electron chi connectivity index (χ4n) is 3.83. The summed E-state index contributed by atoms with van der Waals surface area (Å²) in [5.74, 6) is -0.536. The minimum absolute atomic E-state index is 0.109. The van der Waals surface area contributed by atoms with E-state index in [1.807, 2.05) is 51.7 Å². The Morgan fingerprint density at radius 1 is 0.968 bits per heavy atom. The summed E-state index contributed by atoms with van der Waals surface area (Å²) in [4.78, 5) is 26.4. The quantitative estimate of drug-likeness (QED) is 0.578. The van der Waals surface area contributed by atoms with Crippen molar-refractivity contribution >= 4 is 27.7 Å². The monoisotopic (exact) mass is 453 g/mol. The first-order valence-electron chi connectivity index (χ1n) is 10.7. The molecule has 1 aromatic rings. The van der Waals surface area contributed by atoms with Crippen LogP contribution in [-0.2, 0) is 19.8 Å². The van der Waals surface area contributed by atoms with Crippen LogP contribution < -0.4 is 10.6 Å². The maximum atomic E-state index is 12.6. The van der Waals surface area contributed by atoms with E-state index >= 15 is 0 Å². The molecule has 0 atom stereocenters. The van der Waals surface area contributed by atoms with Crippen molar-refractivity contribution in [3.63, 3.8) is 0 Å². The average Bonchev–Trinajstić information content (AvgIpc) is 2.70. The molecular formula is C21H35N5O4S. The van der Waals surface area contributed by atoms with Crippen molar-refractivity contribution in [3.8, 4) is 0 Å². The van der Waals surface area contributed by atoms with E-state index in [1.54, 1.807) is 0 Å². The molecule has 0 saturated carbocycles. The lowest BCUT2D eigenvalue weighted by atomic mass is 10.1. The normalized spacial score (nSPS) is 15.8. The van der Waals surface area contributed by atoms with Crippen molar-refractivity contribution < 1.29 is 18.0 Å². The number of rotatable bonds is 9. The first-order valence-corrected chi connectivity index (χ1v) is 12.1. The SMILES string of the molecule is CCN(CC)S(=O)(=O)N1CCN(CC(=O)NCC(=O)Nc2c(C)cc(C)cc2C)CC1. The van der Waals surface area contributed by atoms with E-state index < -0.39 is 10.2 Å². The highest BCUT2D eigenvalue weighted by atomic mass is 32.2. The van der Waals surface area contributed by atoms with Gasteiger partial charge in [-0.2, -0.15) is 17.0 Å². The second kappa shape index (κ2) is 11.0. The molecule has 0 aliphatic carbocycles. The van der Waals surface area contributed by atoms with Crippen molar-refractivity contribution in [2.45, 2.75) is 34.6 Å². The van der Waals surface area contributed by atoms with E-state index in [-0.39, 0.29) is 24.9 Å². The Hall–Kier alpha value is -2.01. The number of nitrogens with one attached hydrogen (secondary N) is 2. The predicted molar refractivity (Wildman–Crippen MR) is 122 cm³/mol. The molecule has 1 fully saturated rings. The Bertz CT molecular complexity index is 868. The van der Waals surface area contributed by atoms with Crippen LogP contribution in [0.3, 0.4) is 0 Å². The standard InChI is InChI=1S/C21H35N5O4S/c1-6-25(7-2)31(29,30)26-10-8-24(9-11-26)15-20(28)22-14-19(27)23-21-17(4)12-16(3)13-18(21)5/h12-13H,6-11,14-15H2,1-5H3,(H,22,28)(H,23,27). The van der Waals surface area contributed by atoms with Crippen LogP contribution in [0, 0.1) is 20.8 Å². The van der Waals surface area contributed by atoms with Gasteiger partial charge >= 0.3 is 0 Å². The third-order valence-corrected chi connectivity index (χ3v) is 7.63.